The summed E-state index contributed by atoms with van der Waals surface area (Å²) in [6.07, 6.45) is 1.48. The molecule has 2 heterocycles. The summed E-state index contributed by atoms with van der Waals surface area (Å²) < 4.78 is 0. The monoisotopic (exact) mass is 257 g/mol. The molecule has 0 unspecified atom stereocenters. The molecule has 0 aliphatic carbocycles. The molecule has 0 fully saturated rings. The van der Waals surface area contributed by atoms with E-state index in [4.69, 9.17) is 5.26 Å². The highest BCUT2D eigenvalue weighted by atomic mass is 32.1. The molecule has 2 rings (SSSR count). The Bertz CT molecular complexity index is 587. The van der Waals surface area contributed by atoms with Crippen LogP contribution in [0, 0.1) is 11.3 Å². The zero-order valence-corrected chi connectivity index (χ0v) is 10.6. The number of nitriles is 1. The third-order valence-electron chi connectivity index (χ3n) is 2.43. The van der Waals surface area contributed by atoms with Gasteiger partial charge in [-0.3, -0.25) is 9.78 Å². The van der Waals surface area contributed by atoms with Gasteiger partial charge in [0.15, 0.2) is 0 Å². The van der Waals surface area contributed by atoms with Crippen LogP contribution in [0.25, 0.3) is 0 Å². The largest absolute Gasteiger partial charge is 0.335 e. The van der Waals surface area contributed by atoms with Crippen LogP contribution in [0.2, 0.25) is 0 Å². The number of hydrogen-bond donors (Lipinski definition) is 0. The van der Waals surface area contributed by atoms with Gasteiger partial charge in [-0.2, -0.15) is 5.26 Å². The highest BCUT2D eigenvalue weighted by Gasteiger charge is 2.14. The second-order valence-corrected chi connectivity index (χ2v) is 4.81. The molecule has 90 valence electrons. The zero-order valence-electron chi connectivity index (χ0n) is 9.83. The Morgan fingerprint density at radius 1 is 1.56 bits per heavy atom. The number of nitrogens with zero attached hydrogens (tertiary/aromatic N) is 3. The summed E-state index contributed by atoms with van der Waals surface area (Å²) in [4.78, 5) is 18.8. The van der Waals surface area contributed by atoms with Crippen molar-refractivity contribution >= 4 is 17.2 Å². The molecule has 4 nitrogen and oxygen atoms in total. The lowest BCUT2D eigenvalue weighted by Crippen LogP contribution is -2.26. The van der Waals surface area contributed by atoms with Crippen molar-refractivity contribution in [3.63, 3.8) is 0 Å². The summed E-state index contributed by atoms with van der Waals surface area (Å²) in [5, 5.41) is 10.8. The van der Waals surface area contributed by atoms with Gasteiger partial charge in [-0.1, -0.05) is 6.07 Å². The van der Waals surface area contributed by atoms with Crippen molar-refractivity contribution in [2.45, 2.75) is 6.54 Å². The molecule has 0 N–H and O–H groups in total. The quantitative estimate of drug-likeness (QED) is 0.847. The molecule has 0 saturated heterocycles. The minimum Gasteiger partial charge on any atom is -0.335 e. The Morgan fingerprint density at radius 2 is 2.39 bits per heavy atom. The maximum atomic E-state index is 12.1. The molecule has 0 aromatic carbocycles. The standard InChI is InChI=1S/C13H11N3OS/c1-16(9-11-3-2-6-18-11)13(17)12-7-10(8-14)4-5-15-12/h2-7H,9H2,1H3. The average molecular weight is 257 g/mol. The van der Waals surface area contributed by atoms with Gasteiger partial charge in [0, 0.05) is 18.1 Å². The summed E-state index contributed by atoms with van der Waals surface area (Å²) >= 11 is 1.60. The van der Waals surface area contributed by atoms with Crippen molar-refractivity contribution in [1.29, 1.82) is 5.26 Å². The van der Waals surface area contributed by atoms with Crippen LogP contribution in [0.5, 0.6) is 0 Å². The molecule has 0 aliphatic rings. The number of carbonyl (C=O) groups is 1. The molecule has 0 spiro atoms. The minimum atomic E-state index is -0.180. The maximum absolute atomic E-state index is 12.1. The van der Waals surface area contributed by atoms with Gasteiger partial charge in [-0.15, -0.1) is 11.3 Å². The van der Waals surface area contributed by atoms with Gasteiger partial charge < -0.3 is 4.90 Å². The zero-order chi connectivity index (χ0) is 13.0. The molecular weight excluding hydrogens is 246 g/mol. The third-order valence-corrected chi connectivity index (χ3v) is 3.29. The van der Waals surface area contributed by atoms with E-state index in [0.717, 1.165) is 4.88 Å². The molecule has 0 saturated carbocycles. The molecule has 0 bridgehead atoms. The molecule has 5 heteroatoms. The average Bonchev–Trinajstić information content (AvgIpc) is 2.90. The summed E-state index contributed by atoms with van der Waals surface area (Å²) in [6, 6.07) is 9.02. The number of hydrogen-bond acceptors (Lipinski definition) is 4. The Labute approximate surface area is 109 Å². The van der Waals surface area contributed by atoms with E-state index in [-0.39, 0.29) is 5.91 Å². The second kappa shape index (κ2) is 5.43. The first-order chi connectivity index (χ1) is 8.70. The Morgan fingerprint density at radius 3 is 3.06 bits per heavy atom. The normalized spacial score (nSPS) is 9.78. The van der Waals surface area contributed by atoms with E-state index in [1.807, 2.05) is 23.6 Å². The topological polar surface area (TPSA) is 57.0 Å². The van der Waals surface area contributed by atoms with E-state index in [1.165, 1.54) is 12.3 Å². The van der Waals surface area contributed by atoms with Crippen molar-refractivity contribution in [1.82, 2.24) is 9.88 Å². The molecule has 0 aliphatic heterocycles. The highest BCUT2D eigenvalue weighted by Crippen LogP contribution is 2.12. The third kappa shape index (κ3) is 2.73. The fraction of sp³-hybridized carbons (Fsp3) is 0.154. The van der Waals surface area contributed by atoms with E-state index >= 15 is 0 Å². The van der Waals surface area contributed by atoms with Crippen LogP contribution < -0.4 is 0 Å². The molecule has 2 aromatic rings. The fourth-order valence-corrected chi connectivity index (χ4v) is 2.28. The predicted molar refractivity (Wildman–Crippen MR) is 69.1 cm³/mol. The lowest BCUT2D eigenvalue weighted by Gasteiger charge is -2.15. The van der Waals surface area contributed by atoms with E-state index < -0.39 is 0 Å². The van der Waals surface area contributed by atoms with Crippen LogP contribution >= 0.6 is 11.3 Å². The minimum absolute atomic E-state index is 0.180. The van der Waals surface area contributed by atoms with E-state index in [2.05, 4.69) is 4.98 Å². The van der Waals surface area contributed by atoms with Crippen molar-refractivity contribution in [2.75, 3.05) is 7.05 Å². The number of rotatable bonds is 3. The van der Waals surface area contributed by atoms with E-state index in [0.29, 0.717) is 17.8 Å². The highest BCUT2D eigenvalue weighted by molar-refractivity contribution is 7.09. The van der Waals surface area contributed by atoms with Crippen LogP contribution in [-0.2, 0) is 6.54 Å². The van der Waals surface area contributed by atoms with Gasteiger partial charge in [0.1, 0.15) is 5.69 Å². The van der Waals surface area contributed by atoms with Crippen LogP contribution in [0.4, 0.5) is 0 Å². The Balaban J connectivity index is 2.13. The first-order valence-electron chi connectivity index (χ1n) is 5.34. The molecule has 1 amide bonds. The van der Waals surface area contributed by atoms with Crippen molar-refractivity contribution in [3.05, 3.63) is 52.0 Å². The molecule has 0 atom stereocenters. The SMILES string of the molecule is CN(Cc1cccs1)C(=O)c1cc(C#N)ccn1. The first kappa shape index (κ1) is 12.3. The smallest absolute Gasteiger partial charge is 0.272 e. The van der Waals surface area contributed by atoms with Gasteiger partial charge in [0.25, 0.3) is 5.91 Å². The van der Waals surface area contributed by atoms with Crippen LogP contribution in [0.15, 0.2) is 35.8 Å². The lowest BCUT2D eigenvalue weighted by molar-refractivity contribution is 0.0780. The van der Waals surface area contributed by atoms with Crippen molar-refractivity contribution in [2.24, 2.45) is 0 Å². The number of amides is 1. The van der Waals surface area contributed by atoms with Crippen LogP contribution in [0.1, 0.15) is 20.9 Å². The van der Waals surface area contributed by atoms with Crippen molar-refractivity contribution < 1.29 is 4.79 Å². The molecule has 18 heavy (non-hydrogen) atoms. The van der Waals surface area contributed by atoms with Gasteiger partial charge in [-0.25, -0.2) is 0 Å². The van der Waals surface area contributed by atoms with Gasteiger partial charge in [-0.05, 0) is 23.6 Å². The van der Waals surface area contributed by atoms with Crippen LogP contribution in [0.3, 0.4) is 0 Å². The summed E-state index contributed by atoms with van der Waals surface area (Å²) in [6.45, 7) is 0.551. The maximum Gasteiger partial charge on any atom is 0.272 e. The van der Waals surface area contributed by atoms with E-state index in [9.17, 15) is 4.79 Å². The fourth-order valence-electron chi connectivity index (χ4n) is 1.52. The molecular formula is C13H11N3OS. The summed E-state index contributed by atoms with van der Waals surface area (Å²) in [5.74, 6) is -0.180. The number of carbonyl (C=O) groups excluding carboxylic acids is 1. The molecule has 2 aromatic heterocycles. The van der Waals surface area contributed by atoms with Gasteiger partial charge >= 0.3 is 0 Å². The number of thiophene rings is 1. The van der Waals surface area contributed by atoms with Gasteiger partial charge in [0.05, 0.1) is 18.2 Å². The van der Waals surface area contributed by atoms with Crippen LogP contribution in [-0.4, -0.2) is 22.8 Å². The predicted octanol–water partition coefficient (Wildman–Crippen LogP) is 2.29. The number of aromatic nitrogens is 1. The summed E-state index contributed by atoms with van der Waals surface area (Å²) in [7, 11) is 1.72. The summed E-state index contributed by atoms with van der Waals surface area (Å²) in [5.41, 5.74) is 0.742. The van der Waals surface area contributed by atoms with Crippen molar-refractivity contribution in [3.8, 4) is 6.07 Å². The Hall–Kier alpha value is -2.19. The Kier molecular flexibility index (Phi) is 3.70. The van der Waals surface area contributed by atoms with E-state index in [1.54, 1.807) is 29.4 Å². The van der Waals surface area contributed by atoms with Gasteiger partial charge in [0.2, 0.25) is 0 Å². The first-order valence-corrected chi connectivity index (χ1v) is 6.22. The lowest BCUT2D eigenvalue weighted by atomic mass is 10.2. The number of pyridine rings is 1. The second-order valence-electron chi connectivity index (χ2n) is 3.78. The molecule has 0 radical (unpaired) electrons.